The summed E-state index contributed by atoms with van der Waals surface area (Å²) in [5, 5.41) is 0. The fourth-order valence-corrected chi connectivity index (χ4v) is 1.06. The lowest BCUT2D eigenvalue weighted by molar-refractivity contribution is -0.150. The molecule has 104 valence electrons. The van der Waals surface area contributed by atoms with Crippen molar-refractivity contribution >= 4 is 12.4 Å². The van der Waals surface area contributed by atoms with E-state index in [0.29, 0.717) is 0 Å². The highest BCUT2D eigenvalue weighted by molar-refractivity contribution is 5.85. The molecular weight excluding hydrogens is 298 g/mol. The molecule has 1 nitrogen and oxygen atoms in total. The average molecular weight is 302 g/mol. The fraction of sp³-hybridized carbons (Fsp3) is 0.250. The third kappa shape index (κ3) is 2.66. The van der Waals surface area contributed by atoms with Gasteiger partial charge in [-0.2, -0.15) is 13.2 Å². The highest BCUT2D eigenvalue weighted by atomic mass is 35.5. The van der Waals surface area contributed by atoms with E-state index in [1.165, 1.54) is 0 Å². The lowest BCUT2D eigenvalue weighted by Gasteiger charge is -2.17. The molecule has 18 heavy (non-hydrogen) atoms. The molecule has 0 aliphatic rings. The summed E-state index contributed by atoms with van der Waals surface area (Å²) in [5.74, 6) is -12.7. The molecular formula is C8H4ClF8N. The van der Waals surface area contributed by atoms with Gasteiger partial charge >= 0.3 is 6.18 Å². The molecule has 0 saturated carbocycles. The maximum absolute atomic E-state index is 12.9. The maximum atomic E-state index is 12.9. The Bertz CT molecular complexity index is 428. The number of nitrogens with two attached hydrogens (primary N) is 1. The van der Waals surface area contributed by atoms with Crippen LogP contribution in [0.1, 0.15) is 11.6 Å². The Morgan fingerprint density at radius 2 is 1.00 bits per heavy atom. The smallest absolute Gasteiger partial charge is 0.316 e. The zero-order valence-electron chi connectivity index (χ0n) is 8.09. The van der Waals surface area contributed by atoms with Crippen LogP contribution in [0.25, 0.3) is 0 Å². The van der Waals surface area contributed by atoms with E-state index >= 15 is 0 Å². The van der Waals surface area contributed by atoms with Crippen molar-refractivity contribution in [3.8, 4) is 0 Å². The summed E-state index contributed by atoms with van der Waals surface area (Å²) in [6.07, 6.45) is -5.33. The quantitative estimate of drug-likeness (QED) is 0.480. The van der Waals surface area contributed by atoms with Gasteiger partial charge in [0.25, 0.3) is 0 Å². The van der Waals surface area contributed by atoms with Crippen LogP contribution >= 0.6 is 12.4 Å². The minimum absolute atomic E-state index is 0. The molecule has 1 aromatic rings. The third-order valence-electron chi connectivity index (χ3n) is 1.91. The highest BCUT2D eigenvalue weighted by Gasteiger charge is 2.43. The van der Waals surface area contributed by atoms with Gasteiger partial charge in [0, 0.05) is 0 Å². The number of rotatable bonds is 1. The van der Waals surface area contributed by atoms with Gasteiger partial charge in [-0.1, -0.05) is 0 Å². The molecule has 0 amide bonds. The van der Waals surface area contributed by atoms with Crippen LogP contribution < -0.4 is 5.73 Å². The summed E-state index contributed by atoms with van der Waals surface area (Å²) in [6, 6.07) is -3.30. The first-order chi connectivity index (χ1) is 7.59. The zero-order valence-corrected chi connectivity index (χ0v) is 8.90. The van der Waals surface area contributed by atoms with Crippen LogP contribution in [0.15, 0.2) is 0 Å². The summed E-state index contributed by atoms with van der Waals surface area (Å²) in [5.41, 5.74) is 2.30. The minimum Gasteiger partial charge on any atom is -0.316 e. The number of hydrogen-bond acceptors (Lipinski definition) is 1. The first-order valence-electron chi connectivity index (χ1n) is 3.92. The largest absolute Gasteiger partial charge is 0.407 e. The SMILES string of the molecule is Cl.NC(c1c(F)c(F)c(F)c(F)c1F)C(F)(F)F. The second-order valence-electron chi connectivity index (χ2n) is 3.00. The number of hydrogen-bond donors (Lipinski definition) is 1. The Morgan fingerprint density at radius 1 is 0.722 bits per heavy atom. The Labute approximate surface area is 101 Å². The van der Waals surface area contributed by atoms with E-state index in [1.807, 2.05) is 0 Å². The number of benzene rings is 1. The topological polar surface area (TPSA) is 26.0 Å². The van der Waals surface area contributed by atoms with Crippen LogP contribution in [-0.4, -0.2) is 6.18 Å². The molecule has 0 aliphatic heterocycles. The van der Waals surface area contributed by atoms with Gasteiger partial charge in [0.15, 0.2) is 23.3 Å². The van der Waals surface area contributed by atoms with Crippen LogP contribution in [0.2, 0.25) is 0 Å². The van der Waals surface area contributed by atoms with Gasteiger partial charge in [0.2, 0.25) is 5.82 Å². The Kier molecular flexibility index (Phi) is 4.95. The van der Waals surface area contributed by atoms with E-state index in [2.05, 4.69) is 5.73 Å². The molecule has 1 unspecified atom stereocenters. The molecule has 0 radical (unpaired) electrons. The minimum atomic E-state index is -5.33. The molecule has 0 bridgehead atoms. The van der Waals surface area contributed by atoms with Crippen molar-refractivity contribution in [2.75, 3.05) is 0 Å². The average Bonchev–Trinajstić information content (AvgIpc) is 2.22. The summed E-state index contributed by atoms with van der Waals surface area (Å²) in [4.78, 5) is 0. The zero-order chi connectivity index (χ0) is 13.5. The second-order valence-corrected chi connectivity index (χ2v) is 3.00. The van der Waals surface area contributed by atoms with Crippen molar-refractivity contribution < 1.29 is 35.1 Å². The van der Waals surface area contributed by atoms with Gasteiger partial charge in [0.05, 0.1) is 5.56 Å². The molecule has 0 fully saturated rings. The molecule has 10 heteroatoms. The predicted molar refractivity (Wildman–Crippen MR) is 46.5 cm³/mol. The molecule has 1 atom stereocenters. The molecule has 2 N–H and O–H groups in total. The van der Waals surface area contributed by atoms with Crippen molar-refractivity contribution in [1.29, 1.82) is 0 Å². The van der Waals surface area contributed by atoms with Gasteiger partial charge in [-0.3, -0.25) is 0 Å². The van der Waals surface area contributed by atoms with E-state index < -0.39 is 46.9 Å². The molecule has 1 aromatic carbocycles. The number of alkyl halides is 3. The molecule has 0 aliphatic carbocycles. The van der Waals surface area contributed by atoms with Gasteiger partial charge < -0.3 is 5.73 Å². The van der Waals surface area contributed by atoms with E-state index in [1.54, 1.807) is 0 Å². The van der Waals surface area contributed by atoms with Crippen LogP contribution in [0.4, 0.5) is 35.1 Å². The molecule has 0 saturated heterocycles. The van der Waals surface area contributed by atoms with Crippen LogP contribution in [-0.2, 0) is 0 Å². The van der Waals surface area contributed by atoms with Crippen molar-refractivity contribution in [1.82, 2.24) is 0 Å². The summed E-state index contributed by atoms with van der Waals surface area (Å²) in [6.45, 7) is 0. The van der Waals surface area contributed by atoms with Crippen molar-refractivity contribution in [2.45, 2.75) is 12.2 Å². The second kappa shape index (κ2) is 5.27. The summed E-state index contributed by atoms with van der Waals surface area (Å²) in [7, 11) is 0. The lowest BCUT2D eigenvalue weighted by atomic mass is 10.0. The molecule has 0 aromatic heterocycles. The fourth-order valence-electron chi connectivity index (χ4n) is 1.06. The highest BCUT2D eigenvalue weighted by Crippen LogP contribution is 2.35. The first kappa shape index (κ1) is 16.9. The van der Waals surface area contributed by atoms with Crippen LogP contribution in [0, 0.1) is 29.1 Å². The van der Waals surface area contributed by atoms with E-state index in [9.17, 15) is 35.1 Å². The normalized spacial score (nSPS) is 13.2. The summed E-state index contributed by atoms with van der Waals surface area (Å²) >= 11 is 0. The van der Waals surface area contributed by atoms with E-state index in [0.717, 1.165) is 0 Å². The van der Waals surface area contributed by atoms with Gasteiger partial charge in [-0.25, -0.2) is 22.0 Å². The molecule has 0 heterocycles. The monoisotopic (exact) mass is 301 g/mol. The van der Waals surface area contributed by atoms with Gasteiger partial charge in [0.1, 0.15) is 6.04 Å². The van der Waals surface area contributed by atoms with Crippen molar-refractivity contribution in [3.63, 3.8) is 0 Å². The standard InChI is InChI=1S/C8H3F8N.ClH/c9-2-1(7(17)8(14,15)16)3(10)5(12)6(13)4(2)11;/h7H,17H2;1H. The van der Waals surface area contributed by atoms with Crippen LogP contribution in [0.3, 0.4) is 0 Å². The van der Waals surface area contributed by atoms with Crippen molar-refractivity contribution in [3.05, 3.63) is 34.6 Å². The lowest BCUT2D eigenvalue weighted by Crippen LogP contribution is -2.31. The van der Waals surface area contributed by atoms with E-state index in [-0.39, 0.29) is 12.4 Å². The molecule has 1 rings (SSSR count). The predicted octanol–water partition coefficient (Wildman–Crippen LogP) is 3.37. The van der Waals surface area contributed by atoms with Gasteiger partial charge in [-0.05, 0) is 0 Å². The number of halogens is 9. The molecule has 0 spiro atoms. The third-order valence-corrected chi connectivity index (χ3v) is 1.91. The van der Waals surface area contributed by atoms with Crippen LogP contribution in [0.5, 0.6) is 0 Å². The van der Waals surface area contributed by atoms with Crippen molar-refractivity contribution in [2.24, 2.45) is 5.73 Å². The Hall–Kier alpha value is -1.09. The van der Waals surface area contributed by atoms with E-state index in [4.69, 9.17) is 0 Å². The maximum Gasteiger partial charge on any atom is 0.407 e. The summed E-state index contributed by atoms with van der Waals surface area (Å²) < 4.78 is 99.6. The Balaban J connectivity index is 0.00000289. The first-order valence-corrected chi connectivity index (χ1v) is 3.92. The van der Waals surface area contributed by atoms with Gasteiger partial charge in [-0.15, -0.1) is 12.4 Å². The Morgan fingerprint density at radius 3 is 1.28 bits per heavy atom.